The van der Waals surface area contributed by atoms with Gasteiger partial charge in [-0.2, -0.15) is 0 Å². The maximum atomic E-state index is 7.04. The third-order valence-electron chi connectivity index (χ3n) is 4.49. The molecular weight excluding hydrogens is 534 g/mol. The SMILES string of the molecule is CCC[CH2][Sn]([CH2]CCC)([O]OC)[O][Sn]([CH2]CCC)([CH2]CCC)[O]OC. The van der Waals surface area contributed by atoms with E-state index in [1.807, 2.05) is 0 Å². The summed E-state index contributed by atoms with van der Waals surface area (Å²) in [6.07, 6.45) is 9.16. The Morgan fingerprint density at radius 2 is 0.800 bits per heavy atom. The Bertz CT molecular complexity index is 261. The van der Waals surface area contributed by atoms with E-state index in [0.717, 1.165) is 69.1 Å². The zero-order valence-corrected chi connectivity index (χ0v) is 23.2. The zero-order chi connectivity index (χ0) is 19.0. The molecule has 0 N–H and O–H groups in total. The number of hydrogen-bond acceptors (Lipinski definition) is 5. The molecule has 0 amide bonds. The van der Waals surface area contributed by atoms with Crippen molar-refractivity contribution in [1.82, 2.24) is 0 Å². The summed E-state index contributed by atoms with van der Waals surface area (Å²) in [5, 5.41) is 0. The molecule has 0 radical (unpaired) electrons. The van der Waals surface area contributed by atoms with Crippen LogP contribution in [-0.2, 0) is 17.6 Å². The molecule has 7 heteroatoms. The molecule has 0 unspecified atom stereocenters. The molecule has 0 bridgehead atoms. The predicted octanol–water partition coefficient (Wildman–Crippen LogP) is 6.24. The van der Waals surface area contributed by atoms with Crippen molar-refractivity contribution in [2.75, 3.05) is 14.2 Å². The third kappa shape index (κ3) is 11.1. The molecule has 0 aliphatic heterocycles. The maximum absolute atomic E-state index is 7.04. The van der Waals surface area contributed by atoms with Gasteiger partial charge in [0.25, 0.3) is 0 Å². The normalized spacial score (nSPS) is 12.7. The number of hydrogen-bond donors (Lipinski definition) is 0. The topological polar surface area (TPSA) is 46.2 Å². The van der Waals surface area contributed by atoms with Crippen LogP contribution in [-0.4, -0.2) is 52.6 Å². The minimum absolute atomic E-state index is 1.04. The summed E-state index contributed by atoms with van der Waals surface area (Å²) in [5.74, 6) is 0. The van der Waals surface area contributed by atoms with Crippen LogP contribution in [0.4, 0.5) is 0 Å². The van der Waals surface area contributed by atoms with Crippen LogP contribution in [0.5, 0.6) is 0 Å². The summed E-state index contributed by atoms with van der Waals surface area (Å²) in [6, 6.07) is 0. The second kappa shape index (κ2) is 16.4. The molecule has 0 aromatic rings. The average molecular weight is 576 g/mol. The summed E-state index contributed by atoms with van der Waals surface area (Å²) < 4.78 is 23.2. The van der Waals surface area contributed by atoms with Crippen molar-refractivity contribution in [2.45, 2.75) is 96.8 Å². The van der Waals surface area contributed by atoms with E-state index in [9.17, 15) is 0 Å². The standard InChI is InChI=1S/4C4H9.2CH4O2.O.2Sn/c4*1-3-4-2;2*1-3-2;;;/h4*1,3-4H2,2H3;2*2H,1H3;;;/q;;;;;;;2*+1/p-2. The summed E-state index contributed by atoms with van der Waals surface area (Å²) in [6.45, 7) is 8.89. The first-order chi connectivity index (χ1) is 12.1. The van der Waals surface area contributed by atoms with Crippen molar-refractivity contribution in [2.24, 2.45) is 0 Å². The van der Waals surface area contributed by atoms with Gasteiger partial charge in [0.15, 0.2) is 0 Å². The van der Waals surface area contributed by atoms with Crippen LogP contribution in [0, 0.1) is 0 Å². The molecule has 0 fully saturated rings. The molecule has 25 heavy (non-hydrogen) atoms. The molecule has 0 saturated heterocycles. The van der Waals surface area contributed by atoms with Gasteiger partial charge in [-0.3, -0.25) is 0 Å². The molecule has 0 aromatic carbocycles. The van der Waals surface area contributed by atoms with E-state index in [1.165, 1.54) is 0 Å². The van der Waals surface area contributed by atoms with E-state index in [1.54, 1.807) is 14.2 Å². The third-order valence-corrected chi connectivity index (χ3v) is 36.3. The van der Waals surface area contributed by atoms with Crippen molar-refractivity contribution < 1.29 is 17.6 Å². The molecule has 0 saturated carbocycles. The molecule has 0 aliphatic rings. The Kier molecular flexibility index (Phi) is 17.3. The van der Waals surface area contributed by atoms with Crippen molar-refractivity contribution in [1.29, 1.82) is 0 Å². The van der Waals surface area contributed by atoms with Crippen molar-refractivity contribution in [3.05, 3.63) is 0 Å². The first kappa shape index (κ1) is 26.4. The van der Waals surface area contributed by atoms with Gasteiger partial charge < -0.3 is 0 Å². The summed E-state index contributed by atoms with van der Waals surface area (Å²) in [5.41, 5.74) is 0. The van der Waals surface area contributed by atoms with Gasteiger partial charge in [-0.05, 0) is 0 Å². The summed E-state index contributed by atoms with van der Waals surface area (Å²) in [7, 11) is 3.25. The molecule has 0 rings (SSSR count). The number of unbranched alkanes of at least 4 members (excludes halogenated alkanes) is 4. The quantitative estimate of drug-likeness (QED) is 0.110. The van der Waals surface area contributed by atoms with Gasteiger partial charge in [-0.25, -0.2) is 0 Å². The second-order valence-electron chi connectivity index (χ2n) is 6.84. The fraction of sp³-hybridized carbons (Fsp3) is 1.00. The van der Waals surface area contributed by atoms with Crippen LogP contribution < -0.4 is 0 Å². The Labute approximate surface area is 166 Å². The van der Waals surface area contributed by atoms with Gasteiger partial charge in [-0.1, -0.05) is 0 Å². The van der Waals surface area contributed by atoms with E-state index in [-0.39, 0.29) is 0 Å². The summed E-state index contributed by atoms with van der Waals surface area (Å²) >= 11 is -6.68. The number of rotatable bonds is 18. The second-order valence-corrected chi connectivity index (χ2v) is 28.4. The molecule has 152 valence electrons. The van der Waals surface area contributed by atoms with Gasteiger partial charge in [0, 0.05) is 0 Å². The Morgan fingerprint density at radius 1 is 0.520 bits per heavy atom. The minimum atomic E-state index is -3.34. The Hall–Kier alpha value is 1.40. The monoisotopic (exact) mass is 578 g/mol. The predicted molar refractivity (Wildman–Crippen MR) is 108 cm³/mol. The van der Waals surface area contributed by atoms with Gasteiger partial charge in [0.1, 0.15) is 0 Å². The molecule has 0 spiro atoms. The van der Waals surface area contributed by atoms with Crippen molar-refractivity contribution in [3.8, 4) is 0 Å². The van der Waals surface area contributed by atoms with E-state index < -0.39 is 38.4 Å². The van der Waals surface area contributed by atoms with E-state index in [2.05, 4.69) is 27.7 Å². The van der Waals surface area contributed by atoms with Gasteiger partial charge >= 0.3 is 167 Å². The van der Waals surface area contributed by atoms with E-state index in [4.69, 9.17) is 17.6 Å². The van der Waals surface area contributed by atoms with Gasteiger partial charge in [-0.15, -0.1) is 0 Å². The van der Waals surface area contributed by atoms with Crippen LogP contribution in [0.1, 0.15) is 79.1 Å². The fourth-order valence-electron chi connectivity index (χ4n) is 3.08. The molecule has 5 nitrogen and oxygen atoms in total. The van der Waals surface area contributed by atoms with Crippen LogP contribution in [0.3, 0.4) is 0 Å². The molecule has 0 aromatic heterocycles. The molecule has 0 atom stereocenters. The fourth-order valence-corrected chi connectivity index (χ4v) is 42.8. The van der Waals surface area contributed by atoms with Gasteiger partial charge in [0.2, 0.25) is 0 Å². The molecule has 0 heterocycles. The molecular formula is C18H42O5Sn2. The summed E-state index contributed by atoms with van der Waals surface area (Å²) in [4.78, 5) is 10.5. The van der Waals surface area contributed by atoms with Crippen LogP contribution in [0.25, 0.3) is 0 Å². The van der Waals surface area contributed by atoms with Crippen LogP contribution >= 0.6 is 0 Å². The van der Waals surface area contributed by atoms with Crippen molar-refractivity contribution >= 4 is 38.4 Å². The van der Waals surface area contributed by atoms with Crippen molar-refractivity contribution in [3.63, 3.8) is 0 Å². The Balaban J connectivity index is 5.52. The zero-order valence-electron chi connectivity index (χ0n) is 17.5. The molecule has 0 aliphatic carbocycles. The first-order valence-electron chi connectivity index (χ1n) is 10.2. The van der Waals surface area contributed by atoms with E-state index >= 15 is 0 Å². The van der Waals surface area contributed by atoms with Gasteiger partial charge in [0.05, 0.1) is 0 Å². The Morgan fingerprint density at radius 3 is 1.00 bits per heavy atom. The average Bonchev–Trinajstić information content (AvgIpc) is 2.61. The van der Waals surface area contributed by atoms with E-state index in [0.29, 0.717) is 0 Å². The first-order valence-corrected chi connectivity index (χ1v) is 22.9. The van der Waals surface area contributed by atoms with Crippen LogP contribution in [0.2, 0.25) is 17.7 Å². The van der Waals surface area contributed by atoms with Crippen LogP contribution in [0.15, 0.2) is 0 Å².